The van der Waals surface area contributed by atoms with E-state index in [4.69, 9.17) is 15.1 Å². The van der Waals surface area contributed by atoms with Gasteiger partial charge in [-0.25, -0.2) is 4.79 Å². The molecule has 1 amide bonds. The fourth-order valence-electron chi connectivity index (χ4n) is 1.27. The van der Waals surface area contributed by atoms with Crippen molar-refractivity contribution in [1.29, 1.82) is 5.26 Å². The summed E-state index contributed by atoms with van der Waals surface area (Å²) >= 11 is 0. The number of carboxylic acid groups (broad SMARTS) is 1. The summed E-state index contributed by atoms with van der Waals surface area (Å²) in [5, 5.41) is 20.0. The first-order chi connectivity index (χ1) is 8.86. The number of rotatable bonds is 5. The number of nitrogens with zero attached hydrogens (tertiary/aromatic N) is 1. The SMILES string of the molecule is CC(C)(NC(=O)COc1ccccc1C#N)C(=O)O. The minimum atomic E-state index is -1.37. The van der Waals surface area contributed by atoms with Gasteiger partial charge in [0.05, 0.1) is 5.56 Å². The molecule has 0 fully saturated rings. The number of aliphatic carboxylic acids is 1. The Bertz CT molecular complexity index is 532. The van der Waals surface area contributed by atoms with Crippen molar-refractivity contribution in [3.8, 4) is 11.8 Å². The predicted octanol–water partition coefficient (Wildman–Crippen LogP) is 0.916. The van der Waals surface area contributed by atoms with Crippen molar-refractivity contribution in [3.63, 3.8) is 0 Å². The lowest BCUT2D eigenvalue weighted by Gasteiger charge is -2.21. The minimum absolute atomic E-state index is 0.285. The number of nitrogens with one attached hydrogen (secondary N) is 1. The lowest BCUT2D eigenvalue weighted by Crippen LogP contribution is -2.51. The summed E-state index contributed by atoms with van der Waals surface area (Å²) in [5.74, 6) is -1.42. The molecule has 19 heavy (non-hydrogen) atoms. The molecule has 0 radical (unpaired) electrons. The summed E-state index contributed by atoms with van der Waals surface area (Å²) in [6.07, 6.45) is 0. The van der Waals surface area contributed by atoms with Crippen molar-refractivity contribution in [2.24, 2.45) is 0 Å². The van der Waals surface area contributed by atoms with Gasteiger partial charge >= 0.3 is 5.97 Å². The first-order valence-electron chi connectivity index (χ1n) is 5.53. The number of nitriles is 1. The van der Waals surface area contributed by atoms with E-state index in [0.717, 1.165) is 0 Å². The summed E-state index contributed by atoms with van der Waals surface area (Å²) in [4.78, 5) is 22.4. The van der Waals surface area contributed by atoms with E-state index in [1.807, 2.05) is 6.07 Å². The van der Waals surface area contributed by atoms with Crippen molar-refractivity contribution in [1.82, 2.24) is 5.32 Å². The lowest BCUT2D eigenvalue weighted by molar-refractivity contribution is -0.146. The van der Waals surface area contributed by atoms with Gasteiger partial charge < -0.3 is 15.2 Å². The number of amides is 1. The molecular weight excluding hydrogens is 248 g/mol. The molecule has 0 aliphatic heterocycles. The van der Waals surface area contributed by atoms with Gasteiger partial charge in [0.1, 0.15) is 17.4 Å². The molecule has 0 unspecified atom stereocenters. The van der Waals surface area contributed by atoms with Gasteiger partial charge in [-0.2, -0.15) is 5.26 Å². The zero-order valence-corrected chi connectivity index (χ0v) is 10.6. The Morgan fingerprint density at radius 3 is 2.63 bits per heavy atom. The lowest BCUT2D eigenvalue weighted by atomic mass is 10.1. The van der Waals surface area contributed by atoms with E-state index in [-0.39, 0.29) is 12.4 Å². The van der Waals surface area contributed by atoms with Gasteiger partial charge in [-0.1, -0.05) is 12.1 Å². The maximum atomic E-state index is 11.6. The van der Waals surface area contributed by atoms with E-state index in [9.17, 15) is 9.59 Å². The minimum Gasteiger partial charge on any atom is -0.482 e. The summed E-state index contributed by atoms with van der Waals surface area (Å²) in [6, 6.07) is 8.42. The molecular formula is C13H14N2O4. The van der Waals surface area contributed by atoms with Crippen LogP contribution in [0.2, 0.25) is 0 Å². The van der Waals surface area contributed by atoms with Crippen LogP contribution in [0.15, 0.2) is 24.3 Å². The number of carbonyl (C=O) groups excluding carboxylic acids is 1. The molecule has 0 saturated carbocycles. The fraction of sp³-hybridized carbons (Fsp3) is 0.308. The maximum absolute atomic E-state index is 11.6. The Labute approximate surface area is 110 Å². The van der Waals surface area contributed by atoms with Crippen LogP contribution in [0.5, 0.6) is 5.75 Å². The monoisotopic (exact) mass is 262 g/mol. The van der Waals surface area contributed by atoms with Gasteiger partial charge in [0.2, 0.25) is 0 Å². The number of carboxylic acids is 1. The average Bonchev–Trinajstić information content (AvgIpc) is 2.36. The van der Waals surface area contributed by atoms with Crippen molar-refractivity contribution in [3.05, 3.63) is 29.8 Å². The number of benzene rings is 1. The van der Waals surface area contributed by atoms with Crippen LogP contribution < -0.4 is 10.1 Å². The second-order valence-corrected chi connectivity index (χ2v) is 4.37. The number of para-hydroxylation sites is 1. The van der Waals surface area contributed by atoms with Crippen LogP contribution in [0.3, 0.4) is 0 Å². The second kappa shape index (κ2) is 5.87. The van der Waals surface area contributed by atoms with Gasteiger partial charge in [0.25, 0.3) is 5.91 Å². The highest BCUT2D eigenvalue weighted by Gasteiger charge is 2.28. The molecule has 0 aromatic heterocycles. The largest absolute Gasteiger partial charge is 0.482 e. The van der Waals surface area contributed by atoms with Crippen molar-refractivity contribution < 1.29 is 19.4 Å². The summed E-state index contributed by atoms with van der Waals surface area (Å²) in [6.45, 7) is 2.39. The number of hydrogen-bond acceptors (Lipinski definition) is 4. The third-order valence-corrected chi connectivity index (χ3v) is 2.35. The Balaban J connectivity index is 2.61. The highest BCUT2D eigenvalue weighted by molar-refractivity contribution is 5.86. The van der Waals surface area contributed by atoms with Gasteiger partial charge in [-0.15, -0.1) is 0 Å². The Hall–Kier alpha value is -2.55. The molecule has 0 bridgehead atoms. The maximum Gasteiger partial charge on any atom is 0.328 e. The summed E-state index contributed by atoms with van der Waals surface area (Å²) < 4.78 is 5.19. The van der Waals surface area contributed by atoms with E-state index < -0.39 is 17.4 Å². The molecule has 0 aliphatic carbocycles. The van der Waals surface area contributed by atoms with Gasteiger partial charge in [-0.05, 0) is 26.0 Å². The third kappa shape index (κ3) is 4.00. The van der Waals surface area contributed by atoms with Crippen LogP contribution in [0.25, 0.3) is 0 Å². The molecule has 6 heteroatoms. The van der Waals surface area contributed by atoms with Gasteiger partial charge in [-0.3, -0.25) is 4.79 Å². The van der Waals surface area contributed by atoms with E-state index in [2.05, 4.69) is 5.32 Å². The number of carbonyl (C=O) groups is 2. The van der Waals surface area contributed by atoms with E-state index in [1.54, 1.807) is 24.3 Å². The van der Waals surface area contributed by atoms with E-state index >= 15 is 0 Å². The molecule has 0 aliphatic rings. The summed E-state index contributed by atoms with van der Waals surface area (Å²) in [5.41, 5.74) is -1.05. The smallest absolute Gasteiger partial charge is 0.328 e. The molecule has 0 atom stereocenters. The van der Waals surface area contributed by atoms with Crippen LogP contribution in [0.1, 0.15) is 19.4 Å². The fourth-order valence-corrected chi connectivity index (χ4v) is 1.27. The third-order valence-electron chi connectivity index (χ3n) is 2.35. The molecule has 0 spiro atoms. The van der Waals surface area contributed by atoms with Crippen molar-refractivity contribution in [2.45, 2.75) is 19.4 Å². The number of hydrogen-bond donors (Lipinski definition) is 2. The first kappa shape index (κ1) is 14.5. The molecule has 1 rings (SSSR count). The standard InChI is InChI=1S/C13H14N2O4/c1-13(2,12(17)18)15-11(16)8-19-10-6-4-3-5-9(10)7-14/h3-6H,8H2,1-2H3,(H,15,16)(H,17,18). The van der Waals surface area contributed by atoms with Crippen LogP contribution in [-0.2, 0) is 9.59 Å². The first-order valence-corrected chi connectivity index (χ1v) is 5.53. The molecule has 1 aromatic carbocycles. The summed E-state index contributed by atoms with van der Waals surface area (Å²) in [7, 11) is 0. The quantitative estimate of drug-likeness (QED) is 0.821. The molecule has 0 heterocycles. The Morgan fingerprint density at radius 2 is 2.05 bits per heavy atom. The van der Waals surface area contributed by atoms with Crippen LogP contribution in [-0.4, -0.2) is 29.1 Å². The van der Waals surface area contributed by atoms with Crippen LogP contribution in [0, 0.1) is 11.3 Å². The van der Waals surface area contributed by atoms with E-state index in [0.29, 0.717) is 5.56 Å². The zero-order chi connectivity index (χ0) is 14.5. The van der Waals surface area contributed by atoms with Crippen molar-refractivity contribution >= 4 is 11.9 Å². The highest BCUT2D eigenvalue weighted by Crippen LogP contribution is 2.16. The van der Waals surface area contributed by atoms with Crippen LogP contribution >= 0.6 is 0 Å². The molecule has 0 saturated heterocycles. The topological polar surface area (TPSA) is 99.4 Å². The Morgan fingerprint density at radius 1 is 1.42 bits per heavy atom. The molecule has 2 N–H and O–H groups in total. The molecule has 6 nitrogen and oxygen atoms in total. The normalized spacial score (nSPS) is 10.4. The van der Waals surface area contributed by atoms with E-state index in [1.165, 1.54) is 13.8 Å². The van der Waals surface area contributed by atoms with Crippen molar-refractivity contribution in [2.75, 3.05) is 6.61 Å². The number of ether oxygens (including phenoxy) is 1. The highest BCUT2D eigenvalue weighted by atomic mass is 16.5. The average molecular weight is 262 g/mol. The molecule has 1 aromatic rings. The second-order valence-electron chi connectivity index (χ2n) is 4.37. The zero-order valence-electron chi connectivity index (χ0n) is 10.6. The molecule has 100 valence electrons. The van der Waals surface area contributed by atoms with Crippen LogP contribution in [0.4, 0.5) is 0 Å². The van der Waals surface area contributed by atoms with Gasteiger partial charge in [0.15, 0.2) is 6.61 Å². The predicted molar refractivity (Wildman–Crippen MR) is 66.5 cm³/mol. The Kier molecular flexibility index (Phi) is 4.48. The van der Waals surface area contributed by atoms with Gasteiger partial charge in [0, 0.05) is 0 Å².